The molecular formula is C20H20N8O2. The summed E-state index contributed by atoms with van der Waals surface area (Å²) in [7, 11) is 0. The van der Waals surface area contributed by atoms with Crippen LogP contribution in [0.2, 0.25) is 0 Å². The highest BCUT2D eigenvalue weighted by atomic mass is 16.2. The molecule has 0 radical (unpaired) electrons. The van der Waals surface area contributed by atoms with Crippen molar-refractivity contribution in [3.05, 3.63) is 47.9 Å². The van der Waals surface area contributed by atoms with Crippen LogP contribution in [0.15, 0.2) is 36.8 Å². The number of hydrogen-bond donors (Lipinski definition) is 1. The number of benzene rings is 1. The van der Waals surface area contributed by atoms with Crippen LogP contribution in [-0.2, 0) is 11.3 Å². The van der Waals surface area contributed by atoms with E-state index in [1.807, 2.05) is 28.1 Å². The second-order valence-electron chi connectivity index (χ2n) is 7.00. The molecule has 0 saturated carbocycles. The van der Waals surface area contributed by atoms with Crippen LogP contribution >= 0.6 is 0 Å². The van der Waals surface area contributed by atoms with Gasteiger partial charge in [0.1, 0.15) is 11.6 Å². The van der Waals surface area contributed by atoms with E-state index in [0.717, 1.165) is 5.39 Å². The number of rotatable bonds is 5. The van der Waals surface area contributed by atoms with Gasteiger partial charge < -0.3 is 15.5 Å². The molecular weight excluding hydrogens is 384 g/mol. The molecule has 152 valence electrons. The lowest BCUT2D eigenvalue weighted by atomic mass is 10.1. The number of carbonyl (C=O) groups is 2. The fraction of sp³-hybridized carbons (Fsp3) is 0.300. The van der Waals surface area contributed by atoms with Crippen molar-refractivity contribution in [3.63, 3.8) is 0 Å². The maximum atomic E-state index is 12.6. The van der Waals surface area contributed by atoms with Gasteiger partial charge in [0.2, 0.25) is 11.9 Å². The van der Waals surface area contributed by atoms with Crippen molar-refractivity contribution < 1.29 is 9.59 Å². The second-order valence-corrected chi connectivity index (χ2v) is 7.00. The lowest BCUT2D eigenvalue weighted by molar-refractivity contribution is -0.131. The van der Waals surface area contributed by atoms with Crippen LogP contribution in [0.5, 0.6) is 0 Å². The first kappa shape index (κ1) is 19.3. The number of anilines is 1. The summed E-state index contributed by atoms with van der Waals surface area (Å²) < 4.78 is 1.68. The summed E-state index contributed by atoms with van der Waals surface area (Å²) in [6, 6.07) is 7.26. The molecule has 1 aliphatic heterocycles. The van der Waals surface area contributed by atoms with Crippen LogP contribution < -0.4 is 10.6 Å². The molecule has 10 nitrogen and oxygen atoms in total. The molecule has 1 aromatic carbocycles. The van der Waals surface area contributed by atoms with Crippen LogP contribution in [-0.4, -0.2) is 62.6 Å². The van der Waals surface area contributed by atoms with E-state index in [0.29, 0.717) is 61.7 Å². The average Bonchev–Trinajstić information content (AvgIpc) is 3.20. The van der Waals surface area contributed by atoms with Gasteiger partial charge >= 0.3 is 0 Å². The van der Waals surface area contributed by atoms with Crippen LogP contribution in [0, 0.1) is 11.3 Å². The van der Waals surface area contributed by atoms with Crippen molar-refractivity contribution >= 4 is 28.7 Å². The number of amides is 2. The number of hydrogen-bond acceptors (Lipinski definition) is 7. The predicted molar refractivity (Wildman–Crippen MR) is 108 cm³/mol. The highest BCUT2D eigenvalue weighted by Crippen LogP contribution is 2.17. The normalized spacial score (nSPS) is 14.0. The van der Waals surface area contributed by atoms with E-state index >= 15 is 0 Å². The zero-order valence-electron chi connectivity index (χ0n) is 16.2. The van der Waals surface area contributed by atoms with Gasteiger partial charge in [-0.05, 0) is 6.07 Å². The molecule has 0 spiro atoms. The predicted octanol–water partition coefficient (Wildman–Crippen LogP) is 0.536. The van der Waals surface area contributed by atoms with Crippen molar-refractivity contribution in [2.75, 3.05) is 31.1 Å². The Morgan fingerprint density at radius 3 is 2.53 bits per heavy atom. The van der Waals surface area contributed by atoms with Gasteiger partial charge in [0.05, 0.1) is 23.5 Å². The second kappa shape index (κ2) is 8.16. The number of carbonyl (C=O) groups excluding carboxylic acids is 2. The third-order valence-electron chi connectivity index (χ3n) is 5.09. The van der Waals surface area contributed by atoms with Gasteiger partial charge in [-0.25, -0.2) is 9.97 Å². The molecule has 1 saturated heterocycles. The molecule has 10 heteroatoms. The summed E-state index contributed by atoms with van der Waals surface area (Å²) in [5.41, 5.74) is 6.74. The van der Waals surface area contributed by atoms with Gasteiger partial charge in [-0.3, -0.25) is 14.3 Å². The van der Waals surface area contributed by atoms with E-state index < -0.39 is 5.91 Å². The Labute approximate surface area is 172 Å². The van der Waals surface area contributed by atoms with Crippen LogP contribution in [0.3, 0.4) is 0 Å². The van der Waals surface area contributed by atoms with Gasteiger partial charge in [-0.1, -0.05) is 12.1 Å². The first-order valence-corrected chi connectivity index (χ1v) is 9.56. The van der Waals surface area contributed by atoms with E-state index in [2.05, 4.69) is 15.1 Å². The number of aryl methyl sites for hydroxylation is 1. The first-order valence-electron chi connectivity index (χ1n) is 9.56. The Hall–Kier alpha value is -4.00. The number of nitriles is 1. The summed E-state index contributed by atoms with van der Waals surface area (Å²) in [4.78, 5) is 36.4. The minimum absolute atomic E-state index is 0.0464. The van der Waals surface area contributed by atoms with Crippen molar-refractivity contribution in [2.45, 2.75) is 13.0 Å². The Balaban J connectivity index is 1.33. The molecule has 0 atom stereocenters. The van der Waals surface area contributed by atoms with E-state index in [-0.39, 0.29) is 5.91 Å². The van der Waals surface area contributed by atoms with Gasteiger partial charge in [-0.2, -0.15) is 10.4 Å². The number of piperazine rings is 1. The maximum absolute atomic E-state index is 12.6. The fourth-order valence-corrected chi connectivity index (χ4v) is 3.47. The molecule has 30 heavy (non-hydrogen) atoms. The maximum Gasteiger partial charge on any atom is 0.250 e. The lowest BCUT2D eigenvalue weighted by Crippen LogP contribution is -2.49. The Morgan fingerprint density at radius 2 is 1.87 bits per heavy atom. The summed E-state index contributed by atoms with van der Waals surface area (Å²) in [5.74, 6) is 0.0886. The van der Waals surface area contributed by atoms with Crippen molar-refractivity contribution in [3.8, 4) is 6.07 Å². The number of fused-ring (bicyclic) bond motifs is 1. The lowest BCUT2D eigenvalue weighted by Gasteiger charge is -2.34. The van der Waals surface area contributed by atoms with Gasteiger partial charge in [0.15, 0.2) is 0 Å². The van der Waals surface area contributed by atoms with Gasteiger partial charge in [0.25, 0.3) is 5.91 Å². The molecule has 0 aliphatic carbocycles. The summed E-state index contributed by atoms with van der Waals surface area (Å²) >= 11 is 0. The smallest absolute Gasteiger partial charge is 0.250 e. The number of aromatic nitrogens is 4. The van der Waals surface area contributed by atoms with Crippen LogP contribution in [0.1, 0.15) is 22.3 Å². The van der Waals surface area contributed by atoms with Crippen LogP contribution in [0.4, 0.5) is 5.95 Å². The molecule has 1 aliphatic rings. The third kappa shape index (κ3) is 3.91. The third-order valence-corrected chi connectivity index (χ3v) is 5.09. The number of nitrogens with zero attached hydrogens (tertiary/aromatic N) is 7. The Bertz CT molecular complexity index is 1120. The molecule has 0 unspecified atom stereocenters. The van der Waals surface area contributed by atoms with Crippen molar-refractivity contribution in [1.82, 2.24) is 24.6 Å². The summed E-state index contributed by atoms with van der Waals surface area (Å²) in [6.45, 7) is 2.84. The van der Waals surface area contributed by atoms with Crippen molar-refractivity contribution in [1.29, 1.82) is 5.26 Å². The molecule has 3 heterocycles. The Morgan fingerprint density at radius 1 is 1.13 bits per heavy atom. The van der Waals surface area contributed by atoms with E-state index in [4.69, 9.17) is 11.0 Å². The monoisotopic (exact) mass is 404 g/mol. The number of primary amides is 1. The molecule has 2 aromatic heterocycles. The summed E-state index contributed by atoms with van der Waals surface area (Å²) in [6.07, 6.45) is 5.12. The zero-order valence-corrected chi connectivity index (χ0v) is 16.2. The molecule has 1 fully saturated rings. The topological polar surface area (TPSA) is 134 Å². The molecule has 2 N–H and O–H groups in total. The largest absolute Gasteiger partial charge is 0.366 e. The minimum Gasteiger partial charge on any atom is -0.366 e. The van der Waals surface area contributed by atoms with E-state index in [9.17, 15) is 9.59 Å². The van der Waals surface area contributed by atoms with Gasteiger partial charge in [-0.15, -0.1) is 0 Å². The van der Waals surface area contributed by atoms with Gasteiger partial charge in [0, 0.05) is 50.7 Å². The molecule has 4 rings (SSSR count). The van der Waals surface area contributed by atoms with Crippen molar-refractivity contribution in [2.24, 2.45) is 5.73 Å². The Kier molecular flexibility index (Phi) is 5.26. The minimum atomic E-state index is -0.522. The standard InChI is InChI=1S/C20H20N8O2/c21-10-14-11-23-20(24-12-14)27-8-6-26(7-9-27)17(29)4-5-28-13-15-2-1-3-16(19(22)30)18(15)25-28/h1-3,11-13H,4-9H2,(H2,22,30). The highest BCUT2D eigenvalue weighted by Gasteiger charge is 2.22. The zero-order chi connectivity index (χ0) is 21.1. The van der Waals surface area contributed by atoms with E-state index in [1.54, 1.807) is 16.8 Å². The summed E-state index contributed by atoms with van der Waals surface area (Å²) in [5, 5.41) is 14.1. The quantitative estimate of drug-likeness (QED) is 0.656. The molecule has 0 bridgehead atoms. The SMILES string of the molecule is N#Cc1cnc(N2CCN(C(=O)CCn3cc4cccc(C(N)=O)c4n3)CC2)nc1. The number of nitrogens with two attached hydrogens (primary N) is 1. The first-order chi connectivity index (χ1) is 14.5. The fourth-order valence-electron chi connectivity index (χ4n) is 3.47. The van der Waals surface area contributed by atoms with Crippen LogP contribution in [0.25, 0.3) is 10.9 Å². The highest BCUT2D eigenvalue weighted by molar-refractivity contribution is 6.04. The molecule has 2 amide bonds. The average molecular weight is 404 g/mol. The molecule has 3 aromatic rings. The van der Waals surface area contributed by atoms with E-state index in [1.165, 1.54) is 12.4 Å².